The summed E-state index contributed by atoms with van der Waals surface area (Å²) in [6.07, 6.45) is 4.70. The highest BCUT2D eigenvalue weighted by atomic mass is 16.3. The molecule has 0 saturated carbocycles. The molecule has 0 fully saturated rings. The van der Waals surface area contributed by atoms with E-state index in [0.717, 1.165) is 18.5 Å². The standard InChI is InChI=1S/C14H26N2O/c1-6-11(3)14(5,17)10-13-8-9-16(15-13)12(4)7-2/h8-9,11-12,17H,6-7,10H2,1-5H3. The van der Waals surface area contributed by atoms with Crippen molar-refractivity contribution in [1.29, 1.82) is 0 Å². The molecule has 3 heteroatoms. The molecule has 0 amide bonds. The highest BCUT2D eigenvalue weighted by molar-refractivity contribution is 5.04. The van der Waals surface area contributed by atoms with Crippen molar-refractivity contribution >= 4 is 0 Å². The lowest BCUT2D eigenvalue weighted by atomic mass is 9.85. The molecule has 0 saturated heterocycles. The predicted octanol–water partition coefficient (Wildman–Crippen LogP) is 3.19. The van der Waals surface area contributed by atoms with Crippen LogP contribution in [-0.2, 0) is 6.42 Å². The van der Waals surface area contributed by atoms with Gasteiger partial charge in [-0.15, -0.1) is 0 Å². The Morgan fingerprint density at radius 3 is 2.53 bits per heavy atom. The molecular formula is C14H26N2O. The first-order chi connectivity index (χ1) is 7.90. The number of nitrogens with zero attached hydrogens (tertiary/aromatic N) is 2. The normalized spacial score (nSPS) is 18.7. The minimum atomic E-state index is -0.663. The molecule has 17 heavy (non-hydrogen) atoms. The second kappa shape index (κ2) is 5.67. The van der Waals surface area contributed by atoms with Gasteiger partial charge in [0.05, 0.1) is 11.3 Å². The van der Waals surface area contributed by atoms with Gasteiger partial charge in [0.2, 0.25) is 0 Å². The zero-order chi connectivity index (χ0) is 13.1. The number of aliphatic hydroxyl groups is 1. The maximum absolute atomic E-state index is 10.4. The average molecular weight is 238 g/mol. The summed E-state index contributed by atoms with van der Waals surface area (Å²) in [5, 5.41) is 14.9. The smallest absolute Gasteiger partial charge is 0.0700 e. The highest BCUT2D eigenvalue weighted by Gasteiger charge is 2.28. The van der Waals surface area contributed by atoms with Crippen LogP contribution < -0.4 is 0 Å². The fraction of sp³-hybridized carbons (Fsp3) is 0.786. The van der Waals surface area contributed by atoms with Crippen molar-refractivity contribution in [2.24, 2.45) is 5.92 Å². The monoisotopic (exact) mass is 238 g/mol. The summed E-state index contributed by atoms with van der Waals surface area (Å²) in [7, 11) is 0. The number of hydrogen-bond donors (Lipinski definition) is 1. The summed E-state index contributed by atoms with van der Waals surface area (Å²) in [6.45, 7) is 10.4. The third-order valence-corrected chi connectivity index (χ3v) is 3.92. The van der Waals surface area contributed by atoms with Crippen molar-refractivity contribution in [3.63, 3.8) is 0 Å². The van der Waals surface area contributed by atoms with Crippen LogP contribution in [0.5, 0.6) is 0 Å². The van der Waals surface area contributed by atoms with E-state index in [9.17, 15) is 5.11 Å². The lowest BCUT2D eigenvalue weighted by Gasteiger charge is -2.28. The van der Waals surface area contributed by atoms with Crippen LogP contribution in [0.2, 0.25) is 0 Å². The van der Waals surface area contributed by atoms with E-state index in [1.807, 2.05) is 23.9 Å². The molecule has 0 aromatic carbocycles. The summed E-state index contributed by atoms with van der Waals surface area (Å²) in [4.78, 5) is 0. The van der Waals surface area contributed by atoms with Crippen LogP contribution in [-0.4, -0.2) is 20.5 Å². The van der Waals surface area contributed by atoms with Gasteiger partial charge >= 0.3 is 0 Å². The van der Waals surface area contributed by atoms with Crippen LogP contribution >= 0.6 is 0 Å². The molecule has 3 atom stereocenters. The van der Waals surface area contributed by atoms with Crippen LogP contribution in [0.3, 0.4) is 0 Å². The number of aromatic nitrogens is 2. The van der Waals surface area contributed by atoms with Gasteiger partial charge in [-0.2, -0.15) is 5.10 Å². The van der Waals surface area contributed by atoms with Crippen LogP contribution in [0.15, 0.2) is 12.3 Å². The van der Waals surface area contributed by atoms with Crippen molar-refractivity contribution in [3.8, 4) is 0 Å². The Labute approximate surface area is 105 Å². The van der Waals surface area contributed by atoms with E-state index < -0.39 is 5.60 Å². The van der Waals surface area contributed by atoms with Crippen molar-refractivity contribution in [2.45, 2.75) is 65.5 Å². The topological polar surface area (TPSA) is 38.0 Å². The number of hydrogen-bond acceptors (Lipinski definition) is 2. The van der Waals surface area contributed by atoms with Gasteiger partial charge in [0.15, 0.2) is 0 Å². The van der Waals surface area contributed by atoms with Crippen LogP contribution in [0.25, 0.3) is 0 Å². The molecule has 1 aromatic rings. The molecule has 3 nitrogen and oxygen atoms in total. The summed E-state index contributed by atoms with van der Waals surface area (Å²) in [5.74, 6) is 0.288. The van der Waals surface area contributed by atoms with Gasteiger partial charge < -0.3 is 5.11 Å². The Kier molecular flexibility index (Phi) is 4.75. The molecular weight excluding hydrogens is 212 g/mol. The van der Waals surface area contributed by atoms with Crippen molar-refractivity contribution in [1.82, 2.24) is 9.78 Å². The van der Waals surface area contributed by atoms with E-state index in [1.165, 1.54) is 0 Å². The summed E-state index contributed by atoms with van der Waals surface area (Å²) >= 11 is 0. The third-order valence-electron chi connectivity index (χ3n) is 3.92. The van der Waals surface area contributed by atoms with E-state index in [0.29, 0.717) is 12.5 Å². The molecule has 1 aromatic heterocycles. The molecule has 0 aliphatic heterocycles. The zero-order valence-corrected chi connectivity index (χ0v) is 11.8. The largest absolute Gasteiger partial charge is 0.389 e. The molecule has 1 N–H and O–H groups in total. The highest BCUT2D eigenvalue weighted by Crippen LogP contribution is 2.24. The molecule has 0 radical (unpaired) electrons. The molecule has 0 spiro atoms. The second-order valence-electron chi connectivity index (χ2n) is 5.39. The molecule has 3 unspecified atom stereocenters. The van der Waals surface area contributed by atoms with Crippen LogP contribution in [0.4, 0.5) is 0 Å². The Hall–Kier alpha value is -0.830. The number of rotatable bonds is 6. The minimum Gasteiger partial charge on any atom is -0.389 e. The summed E-state index contributed by atoms with van der Waals surface area (Å²) in [5.41, 5.74) is 0.319. The average Bonchev–Trinajstić information content (AvgIpc) is 2.74. The Balaban J connectivity index is 2.72. The summed E-state index contributed by atoms with van der Waals surface area (Å²) in [6, 6.07) is 2.44. The van der Waals surface area contributed by atoms with Gasteiger partial charge in [-0.25, -0.2) is 0 Å². The van der Waals surface area contributed by atoms with Crippen molar-refractivity contribution < 1.29 is 5.11 Å². The lowest BCUT2D eigenvalue weighted by molar-refractivity contribution is 0.00418. The fourth-order valence-electron chi connectivity index (χ4n) is 1.88. The lowest BCUT2D eigenvalue weighted by Crippen LogP contribution is -2.35. The van der Waals surface area contributed by atoms with Gasteiger partial charge in [-0.05, 0) is 32.3 Å². The van der Waals surface area contributed by atoms with Gasteiger partial charge in [-0.3, -0.25) is 4.68 Å². The van der Waals surface area contributed by atoms with E-state index in [1.54, 1.807) is 0 Å². The Morgan fingerprint density at radius 2 is 2.00 bits per heavy atom. The van der Waals surface area contributed by atoms with Gasteiger partial charge in [-0.1, -0.05) is 27.2 Å². The molecule has 1 rings (SSSR count). The molecule has 98 valence electrons. The van der Waals surface area contributed by atoms with Crippen molar-refractivity contribution in [3.05, 3.63) is 18.0 Å². The van der Waals surface area contributed by atoms with E-state index in [2.05, 4.69) is 32.8 Å². The van der Waals surface area contributed by atoms with Crippen LogP contribution in [0.1, 0.15) is 59.2 Å². The van der Waals surface area contributed by atoms with Gasteiger partial charge in [0, 0.05) is 18.7 Å². The maximum atomic E-state index is 10.4. The first kappa shape index (κ1) is 14.2. The molecule has 0 bridgehead atoms. The predicted molar refractivity (Wildman–Crippen MR) is 71.0 cm³/mol. The maximum Gasteiger partial charge on any atom is 0.0700 e. The molecule has 1 heterocycles. The minimum absolute atomic E-state index is 0.288. The Bertz CT molecular complexity index is 344. The van der Waals surface area contributed by atoms with Gasteiger partial charge in [0.1, 0.15) is 0 Å². The van der Waals surface area contributed by atoms with E-state index in [4.69, 9.17) is 0 Å². The van der Waals surface area contributed by atoms with Crippen molar-refractivity contribution in [2.75, 3.05) is 0 Å². The van der Waals surface area contributed by atoms with Gasteiger partial charge in [0.25, 0.3) is 0 Å². The van der Waals surface area contributed by atoms with E-state index >= 15 is 0 Å². The first-order valence-corrected chi connectivity index (χ1v) is 6.67. The molecule has 0 aliphatic rings. The zero-order valence-electron chi connectivity index (χ0n) is 11.8. The summed E-state index contributed by atoms with van der Waals surface area (Å²) < 4.78 is 1.99. The first-order valence-electron chi connectivity index (χ1n) is 6.67. The fourth-order valence-corrected chi connectivity index (χ4v) is 1.88. The SMILES string of the molecule is CCC(C)n1ccc(CC(C)(O)C(C)CC)n1. The quantitative estimate of drug-likeness (QED) is 0.826. The molecule has 0 aliphatic carbocycles. The second-order valence-corrected chi connectivity index (χ2v) is 5.39. The third kappa shape index (κ3) is 3.56. The van der Waals surface area contributed by atoms with E-state index in [-0.39, 0.29) is 5.92 Å². The Morgan fingerprint density at radius 1 is 1.35 bits per heavy atom. The van der Waals surface area contributed by atoms with Crippen LogP contribution in [0, 0.1) is 5.92 Å².